The molecule has 3 nitrogen and oxygen atoms in total. The van der Waals surface area contributed by atoms with Crippen LogP contribution in [0.15, 0.2) is 18.2 Å². The summed E-state index contributed by atoms with van der Waals surface area (Å²) >= 11 is 0. The van der Waals surface area contributed by atoms with Crippen molar-refractivity contribution in [1.82, 2.24) is 0 Å². The lowest BCUT2D eigenvalue weighted by Gasteiger charge is -2.08. The number of aryl methyl sites for hydroxylation is 3. The van der Waals surface area contributed by atoms with E-state index in [-0.39, 0.29) is 6.61 Å². The van der Waals surface area contributed by atoms with E-state index in [0.717, 1.165) is 65.0 Å². The Kier molecular flexibility index (Phi) is 11.9. The standard InChI is InChI=1S/C20H34O3/c1-18-10-11-19(2)20(17-18)9-3-5-13-22-15-7-8-16-23-14-6-4-12-21/h10-11,17,21H,3-9,12-16H2,1-2H3. The Morgan fingerprint density at radius 1 is 0.783 bits per heavy atom. The van der Waals surface area contributed by atoms with Gasteiger partial charge in [0.25, 0.3) is 0 Å². The molecule has 0 aliphatic heterocycles. The third-order valence-corrected chi connectivity index (χ3v) is 4.01. The van der Waals surface area contributed by atoms with E-state index < -0.39 is 0 Å². The maximum absolute atomic E-state index is 8.65. The highest BCUT2D eigenvalue weighted by Gasteiger charge is 1.99. The first-order valence-corrected chi connectivity index (χ1v) is 9.06. The zero-order chi connectivity index (χ0) is 16.8. The van der Waals surface area contributed by atoms with Crippen molar-refractivity contribution in [3.05, 3.63) is 34.9 Å². The number of hydrogen-bond donors (Lipinski definition) is 1. The molecule has 1 rings (SSSR count). The van der Waals surface area contributed by atoms with Crippen molar-refractivity contribution < 1.29 is 14.6 Å². The van der Waals surface area contributed by atoms with Gasteiger partial charge in [0.2, 0.25) is 0 Å². The Balaban J connectivity index is 1.87. The van der Waals surface area contributed by atoms with Gasteiger partial charge in [-0.2, -0.15) is 0 Å². The van der Waals surface area contributed by atoms with Gasteiger partial charge in [0, 0.05) is 33.0 Å². The third-order valence-electron chi connectivity index (χ3n) is 4.01. The predicted octanol–water partition coefficient (Wildman–Crippen LogP) is 4.21. The van der Waals surface area contributed by atoms with E-state index in [4.69, 9.17) is 14.6 Å². The number of aliphatic hydroxyl groups is 1. The molecule has 0 amide bonds. The summed E-state index contributed by atoms with van der Waals surface area (Å²) in [6.07, 6.45) is 7.39. The minimum Gasteiger partial charge on any atom is -0.396 e. The van der Waals surface area contributed by atoms with Gasteiger partial charge < -0.3 is 14.6 Å². The maximum Gasteiger partial charge on any atom is 0.0466 e. The van der Waals surface area contributed by atoms with Gasteiger partial charge in [0.15, 0.2) is 0 Å². The van der Waals surface area contributed by atoms with Crippen LogP contribution in [0.25, 0.3) is 0 Å². The zero-order valence-electron chi connectivity index (χ0n) is 15.0. The summed E-state index contributed by atoms with van der Waals surface area (Å²) in [6, 6.07) is 6.70. The van der Waals surface area contributed by atoms with E-state index in [0.29, 0.717) is 0 Å². The lowest BCUT2D eigenvalue weighted by Crippen LogP contribution is -2.02. The number of benzene rings is 1. The van der Waals surface area contributed by atoms with E-state index in [2.05, 4.69) is 32.0 Å². The predicted molar refractivity (Wildman–Crippen MR) is 96.0 cm³/mol. The van der Waals surface area contributed by atoms with Crippen LogP contribution in [-0.4, -0.2) is 38.1 Å². The monoisotopic (exact) mass is 322 g/mol. The lowest BCUT2D eigenvalue weighted by atomic mass is 10.0. The highest BCUT2D eigenvalue weighted by Crippen LogP contribution is 2.13. The van der Waals surface area contributed by atoms with Gasteiger partial charge in [-0.3, -0.25) is 0 Å². The molecule has 1 aromatic carbocycles. The molecule has 0 atom stereocenters. The van der Waals surface area contributed by atoms with Crippen LogP contribution >= 0.6 is 0 Å². The molecule has 23 heavy (non-hydrogen) atoms. The molecule has 1 N–H and O–H groups in total. The van der Waals surface area contributed by atoms with Crippen molar-refractivity contribution in [2.75, 3.05) is 33.0 Å². The van der Waals surface area contributed by atoms with E-state index in [1.165, 1.54) is 23.1 Å². The Hall–Kier alpha value is -0.900. The van der Waals surface area contributed by atoms with Crippen molar-refractivity contribution in [2.24, 2.45) is 0 Å². The summed E-state index contributed by atoms with van der Waals surface area (Å²) in [5.41, 5.74) is 4.22. The Labute approximate surface area is 142 Å². The Bertz CT molecular complexity index is 404. The lowest BCUT2D eigenvalue weighted by molar-refractivity contribution is 0.0977. The fourth-order valence-electron chi connectivity index (χ4n) is 2.52. The largest absolute Gasteiger partial charge is 0.396 e. The van der Waals surface area contributed by atoms with Gasteiger partial charge in [-0.15, -0.1) is 0 Å². The molecule has 0 unspecified atom stereocenters. The summed E-state index contributed by atoms with van der Waals surface area (Å²) in [5.74, 6) is 0. The summed E-state index contributed by atoms with van der Waals surface area (Å²) in [7, 11) is 0. The minimum absolute atomic E-state index is 0.265. The van der Waals surface area contributed by atoms with Crippen LogP contribution in [0, 0.1) is 13.8 Å². The molecule has 1 aromatic rings. The van der Waals surface area contributed by atoms with E-state index in [1.807, 2.05) is 0 Å². The summed E-state index contributed by atoms with van der Waals surface area (Å²) in [5, 5.41) is 8.65. The van der Waals surface area contributed by atoms with E-state index in [9.17, 15) is 0 Å². The number of hydrogen-bond acceptors (Lipinski definition) is 3. The molecule has 0 aliphatic carbocycles. The number of unbranched alkanes of at least 4 members (excludes halogenated alkanes) is 3. The molecule has 0 saturated carbocycles. The van der Waals surface area contributed by atoms with Crippen LogP contribution in [0.1, 0.15) is 55.2 Å². The highest BCUT2D eigenvalue weighted by atomic mass is 16.5. The van der Waals surface area contributed by atoms with Crippen LogP contribution in [0.2, 0.25) is 0 Å². The first-order chi connectivity index (χ1) is 11.2. The smallest absolute Gasteiger partial charge is 0.0466 e. The van der Waals surface area contributed by atoms with Crippen LogP contribution in [-0.2, 0) is 15.9 Å². The van der Waals surface area contributed by atoms with Crippen LogP contribution in [0.3, 0.4) is 0 Å². The second-order valence-corrected chi connectivity index (χ2v) is 6.25. The molecular weight excluding hydrogens is 288 g/mol. The minimum atomic E-state index is 0.265. The second-order valence-electron chi connectivity index (χ2n) is 6.25. The van der Waals surface area contributed by atoms with E-state index in [1.54, 1.807) is 0 Å². The van der Waals surface area contributed by atoms with Crippen molar-refractivity contribution in [3.63, 3.8) is 0 Å². The molecule has 0 heterocycles. The Morgan fingerprint density at radius 3 is 1.96 bits per heavy atom. The molecule has 0 spiro atoms. The quantitative estimate of drug-likeness (QED) is 0.521. The highest BCUT2D eigenvalue weighted by molar-refractivity contribution is 5.30. The first kappa shape index (κ1) is 20.1. The van der Waals surface area contributed by atoms with Crippen LogP contribution in [0.5, 0.6) is 0 Å². The number of aliphatic hydroxyl groups excluding tert-OH is 1. The van der Waals surface area contributed by atoms with Gasteiger partial charge in [0.05, 0.1) is 0 Å². The second kappa shape index (κ2) is 13.5. The molecular formula is C20H34O3. The van der Waals surface area contributed by atoms with Crippen molar-refractivity contribution >= 4 is 0 Å². The van der Waals surface area contributed by atoms with Gasteiger partial charge >= 0.3 is 0 Å². The fraction of sp³-hybridized carbons (Fsp3) is 0.700. The normalized spacial score (nSPS) is 11.1. The molecule has 132 valence electrons. The maximum atomic E-state index is 8.65. The van der Waals surface area contributed by atoms with Crippen LogP contribution < -0.4 is 0 Å². The van der Waals surface area contributed by atoms with Gasteiger partial charge in [0.1, 0.15) is 0 Å². The fourth-order valence-corrected chi connectivity index (χ4v) is 2.52. The van der Waals surface area contributed by atoms with Crippen molar-refractivity contribution in [1.29, 1.82) is 0 Å². The topological polar surface area (TPSA) is 38.7 Å². The number of rotatable bonds is 14. The molecule has 0 radical (unpaired) electrons. The van der Waals surface area contributed by atoms with E-state index >= 15 is 0 Å². The summed E-state index contributed by atoms with van der Waals surface area (Å²) in [6.45, 7) is 7.88. The van der Waals surface area contributed by atoms with Crippen molar-refractivity contribution in [3.8, 4) is 0 Å². The molecule has 0 aromatic heterocycles. The zero-order valence-corrected chi connectivity index (χ0v) is 15.0. The summed E-state index contributed by atoms with van der Waals surface area (Å²) < 4.78 is 11.2. The molecule has 0 saturated heterocycles. The SMILES string of the molecule is Cc1ccc(C)c(CCCCOCCCCOCCCCO)c1. The van der Waals surface area contributed by atoms with Gasteiger partial charge in [-0.1, -0.05) is 23.8 Å². The molecule has 3 heteroatoms. The number of ether oxygens (including phenoxy) is 2. The first-order valence-electron chi connectivity index (χ1n) is 9.06. The molecule has 0 fully saturated rings. The third kappa shape index (κ3) is 10.5. The Morgan fingerprint density at radius 2 is 1.35 bits per heavy atom. The van der Waals surface area contributed by atoms with Gasteiger partial charge in [-0.25, -0.2) is 0 Å². The average molecular weight is 322 g/mol. The molecule has 0 bridgehead atoms. The van der Waals surface area contributed by atoms with Gasteiger partial charge in [-0.05, 0) is 69.9 Å². The van der Waals surface area contributed by atoms with Crippen molar-refractivity contribution in [2.45, 2.75) is 58.8 Å². The average Bonchev–Trinajstić information content (AvgIpc) is 2.55. The molecule has 0 aliphatic rings. The van der Waals surface area contributed by atoms with Crippen LogP contribution in [0.4, 0.5) is 0 Å². The summed E-state index contributed by atoms with van der Waals surface area (Å²) in [4.78, 5) is 0.